The molecule has 3 N–H and O–H groups in total. The lowest BCUT2D eigenvalue weighted by atomic mass is 10.3. The van der Waals surface area contributed by atoms with E-state index in [0.717, 1.165) is 12.1 Å². The van der Waals surface area contributed by atoms with E-state index < -0.39 is 25.5 Å². The molecule has 0 spiro atoms. The summed E-state index contributed by atoms with van der Waals surface area (Å²) in [5, 5.41) is 14.4. The molecule has 10 nitrogen and oxygen atoms in total. The number of hydrogen-bond acceptors (Lipinski definition) is 8. The van der Waals surface area contributed by atoms with Crippen molar-refractivity contribution in [2.75, 3.05) is 5.73 Å². The van der Waals surface area contributed by atoms with Crippen molar-refractivity contribution in [3.63, 3.8) is 0 Å². The van der Waals surface area contributed by atoms with Crippen LogP contribution < -0.4 is 10.5 Å². The van der Waals surface area contributed by atoms with Crippen molar-refractivity contribution in [3.8, 4) is 0 Å². The average Bonchev–Trinajstić information content (AvgIpc) is 2.82. The summed E-state index contributed by atoms with van der Waals surface area (Å²) in [6, 6.07) is 3.30. The number of benzene rings is 1. The zero-order valence-corrected chi connectivity index (χ0v) is 11.6. The number of hydrogen-bond donors (Lipinski definition) is 2. The number of aromatic nitrogens is 2. The van der Waals surface area contributed by atoms with Crippen LogP contribution in [0.2, 0.25) is 0 Å². The smallest absolute Gasteiger partial charge is 0.291 e. The van der Waals surface area contributed by atoms with E-state index in [1.54, 1.807) is 6.92 Å². The van der Waals surface area contributed by atoms with Gasteiger partial charge in [0, 0.05) is 11.8 Å². The number of nitrogen functional groups attached to an aromatic ring is 1. The van der Waals surface area contributed by atoms with Gasteiger partial charge in [-0.1, -0.05) is 5.16 Å². The van der Waals surface area contributed by atoms with Gasteiger partial charge in [0.25, 0.3) is 5.69 Å². The summed E-state index contributed by atoms with van der Waals surface area (Å²) in [5.41, 5.74) is 4.91. The molecule has 0 aliphatic heterocycles. The molecule has 0 unspecified atom stereocenters. The van der Waals surface area contributed by atoms with Crippen LogP contribution in [0, 0.1) is 17.0 Å². The number of nitrogens with two attached hydrogens (primary N) is 1. The van der Waals surface area contributed by atoms with Gasteiger partial charge in [0.05, 0.1) is 11.5 Å². The molecule has 0 aliphatic carbocycles. The lowest BCUT2D eigenvalue weighted by Gasteiger charge is -2.06. The van der Waals surface area contributed by atoms with Gasteiger partial charge in [-0.25, -0.2) is 13.1 Å². The first-order valence-electron chi connectivity index (χ1n) is 5.62. The molecule has 0 bridgehead atoms. The molecule has 0 amide bonds. The van der Waals surface area contributed by atoms with Gasteiger partial charge >= 0.3 is 0 Å². The van der Waals surface area contributed by atoms with Gasteiger partial charge in [0.2, 0.25) is 15.9 Å². The first-order valence-corrected chi connectivity index (χ1v) is 7.10. The van der Waals surface area contributed by atoms with Crippen LogP contribution in [0.15, 0.2) is 27.6 Å². The maximum Gasteiger partial charge on any atom is 0.291 e. The maximum atomic E-state index is 12.1. The molecule has 11 heteroatoms. The number of aryl methyl sites for hydroxylation is 1. The summed E-state index contributed by atoms with van der Waals surface area (Å²) in [4.78, 5) is 13.4. The summed E-state index contributed by atoms with van der Waals surface area (Å²) in [6.07, 6.45) is 0. The summed E-state index contributed by atoms with van der Waals surface area (Å²) in [6.45, 7) is 1.30. The Morgan fingerprint density at radius 1 is 1.48 bits per heavy atom. The first kappa shape index (κ1) is 14.9. The van der Waals surface area contributed by atoms with Crippen molar-refractivity contribution in [1.29, 1.82) is 0 Å². The molecule has 0 fully saturated rings. The molecule has 0 saturated carbocycles. The highest BCUT2D eigenvalue weighted by atomic mass is 32.2. The van der Waals surface area contributed by atoms with Crippen molar-refractivity contribution >= 4 is 21.4 Å². The first-order chi connectivity index (χ1) is 9.79. The van der Waals surface area contributed by atoms with Crippen molar-refractivity contribution in [2.24, 2.45) is 0 Å². The van der Waals surface area contributed by atoms with E-state index in [1.807, 2.05) is 0 Å². The molecule has 0 atom stereocenters. The molecular formula is C10H11N5O5S. The van der Waals surface area contributed by atoms with Crippen LogP contribution in [0.1, 0.15) is 11.7 Å². The highest BCUT2D eigenvalue weighted by Gasteiger charge is 2.26. The van der Waals surface area contributed by atoms with Crippen LogP contribution in [0.4, 0.5) is 11.4 Å². The fourth-order valence-corrected chi connectivity index (χ4v) is 2.68. The maximum absolute atomic E-state index is 12.1. The Morgan fingerprint density at radius 2 is 2.19 bits per heavy atom. The fourth-order valence-electron chi connectivity index (χ4n) is 1.55. The SMILES string of the molecule is Cc1noc(CNS(=O)(=O)c2ccc(N)cc2[N+](=O)[O-])n1. The van der Waals surface area contributed by atoms with Crippen LogP contribution in [0.25, 0.3) is 0 Å². The van der Waals surface area contributed by atoms with Crippen LogP contribution >= 0.6 is 0 Å². The van der Waals surface area contributed by atoms with Crippen LogP contribution in [0.5, 0.6) is 0 Å². The van der Waals surface area contributed by atoms with E-state index in [9.17, 15) is 18.5 Å². The van der Waals surface area contributed by atoms with Crippen LogP contribution in [0.3, 0.4) is 0 Å². The van der Waals surface area contributed by atoms with E-state index in [0.29, 0.717) is 5.82 Å². The Hall–Kier alpha value is -2.53. The van der Waals surface area contributed by atoms with Crippen molar-refractivity contribution in [1.82, 2.24) is 14.9 Å². The monoisotopic (exact) mass is 313 g/mol. The molecule has 2 rings (SSSR count). The largest absolute Gasteiger partial charge is 0.399 e. The van der Waals surface area contributed by atoms with Crippen LogP contribution in [-0.2, 0) is 16.6 Å². The predicted octanol–water partition coefficient (Wildman–Crippen LogP) is 0.347. The van der Waals surface area contributed by atoms with Gasteiger partial charge in [-0.2, -0.15) is 4.98 Å². The number of sulfonamides is 1. The fraction of sp³-hybridized carbons (Fsp3) is 0.200. The van der Waals surface area contributed by atoms with Gasteiger partial charge in [-0.3, -0.25) is 10.1 Å². The Kier molecular flexibility index (Phi) is 3.86. The highest BCUT2D eigenvalue weighted by Crippen LogP contribution is 2.25. The molecule has 1 heterocycles. The standard InChI is InChI=1S/C10H11N5O5S/c1-6-13-10(20-14-6)5-12-21(18,19)9-3-2-7(11)4-8(9)15(16)17/h2-4,12H,5,11H2,1H3. The highest BCUT2D eigenvalue weighted by molar-refractivity contribution is 7.89. The zero-order valence-electron chi connectivity index (χ0n) is 10.8. The Morgan fingerprint density at radius 3 is 2.76 bits per heavy atom. The molecule has 0 saturated heterocycles. The van der Waals surface area contributed by atoms with E-state index >= 15 is 0 Å². The molecule has 1 aromatic heterocycles. The summed E-state index contributed by atoms with van der Waals surface area (Å²) in [5.74, 6) is 0.400. The normalized spacial score (nSPS) is 11.5. The number of rotatable bonds is 5. The number of anilines is 1. The van der Waals surface area contributed by atoms with Gasteiger partial charge in [-0.05, 0) is 19.1 Å². The molecule has 1 aromatic carbocycles. The second-order valence-corrected chi connectivity index (χ2v) is 5.78. The van der Waals surface area contributed by atoms with Crippen molar-refractivity contribution in [3.05, 3.63) is 40.0 Å². The lowest BCUT2D eigenvalue weighted by Crippen LogP contribution is -2.24. The van der Waals surface area contributed by atoms with E-state index in [-0.39, 0.29) is 18.1 Å². The van der Waals surface area contributed by atoms with Gasteiger partial charge in [0.15, 0.2) is 10.7 Å². The number of nitrogens with one attached hydrogen (secondary N) is 1. The van der Waals surface area contributed by atoms with Crippen molar-refractivity contribution < 1.29 is 17.9 Å². The minimum atomic E-state index is -4.12. The van der Waals surface area contributed by atoms with Gasteiger partial charge < -0.3 is 10.3 Å². The van der Waals surface area contributed by atoms with E-state index in [4.69, 9.17) is 10.3 Å². The van der Waals surface area contributed by atoms with Gasteiger partial charge in [-0.15, -0.1) is 0 Å². The predicted molar refractivity (Wildman–Crippen MR) is 70.6 cm³/mol. The number of nitro benzene ring substituents is 1. The lowest BCUT2D eigenvalue weighted by molar-refractivity contribution is -0.387. The average molecular weight is 313 g/mol. The quantitative estimate of drug-likeness (QED) is 0.455. The third-order valence-corrected chi connectivity index (χ3v) is 3.90. The topological polar surface area (TPSA) is 154 Å². The molecule has 112 valence electrons. The summed E-state index contributed by atoms with van der Waals surface area (Å²) >= 11 is 0. The third-order valence-electron chi connectivity index (χ3n) is 2.45. The molecule has 2 aromatic rings. The summed E-state index contributed by atoms with van der Waals surface area (Å²) in [7, 11) is -4.12. The van der Waals surface area contributed by atoms with E-state index in [1.165, 1.54) is 6.07 Å². The van der Waals surface area contributed by atoms with Crippen molar-refractivity contribution in [2.45, 2.75) is 18.4 Å². The molecule has 0 radical (unpaired) electrons. The Bertz CT molecular complexity index is 785. The Labute approximate surface area is 119 Å². The second-order valence-electron chi connectivity index (χ2n) is 4.04. The van der Waals surface area contributed by atoms with Crippen LogP contribution in [-0.4, -0.2) is 23.5 Å². The number of nitro groups is 1. The minimum Gasteiger partial charge on any atom is -0.399 e. The second kappa shape index (κ2) is 5.46. The molecule has 21 heavy (non-hydrogen) atoms. The summed E-state index contributed by atoms with van der Waals surface area (Å²) < 4.78 is 31.1. The minimum absolute atomic E-state index is 0.0502. The molecular weight excluding hydrogens is 302 g/mol. The van der Waals surface area contributed by atoms with E-state index in [2.05, 4.69) is 14.9 Å². The zero-order chi connectivity index (χ0) is 15.6. The Balaban J connectivity index is 2.29. The number of nitrogens with zero attached hydrogens (tertiary/aromatic N) is 3. The third kappa shape index (κ3) is 3.32. The molecule has 0 aliphatic rings. The van der Waals surface area contributed by atoms with Gasteiger partial charge in [0.1, 0.15) is 0 Å².